The molecule has 0 aliphatic rings. The summed E-state index contributed by atoms with van der Waals surface area (Å²) >= 11 is 3.23. The Morgan fingerprint density at radius 3 is 2.73 bits per heavy atom. The summed E-state index contributed by atoms with van der Waals surface area (Å²) in [4.78, 5) is 11.1. The lowest BCUT2D eigenvalue weighted by atomic mass is 10.1. The zero-order valence-electron chi connectivity index (χ0n) is 7.94. The van der Waals surface area contributed by atoms with E-state index in [9.17, 15) is 9.90 Å². The average molecular weight is 297 g/mol. The van der Waals surface area contributed by atoms with Crippen LogP contribution < -0.4 is 5.73 Å². The van der Waals surface area contributed by atoms with Crippen molar-refractivity contribution in [1.29, 1.82) is 0 Å². The summed E-state index contributed by atoms with van der Waals surface area (Å²) in [6, 6.07) is 3.65. The third-order valence-electron chi connectivity index (χ3n) is 1.77. The summed E-state index contributed by atoms with van der Waals surface area (Å²) in [6.45, 7) is 0. The van der Waals surface area contributed by atoms with Crippen LogP contribution in [0.25, 0.3) is 0 Å². The Hall–Kier alpha value is -0.780. The Labute approximate surface area is 102 Å². The molecular formula is C9H11BrClNO3. The fraction of sp³-hybridized carbons (Fsp3) is 0.222. The van der Waals surface area contributed by atoms with Crippen LogP contribution in [-0.2, 0) is 9.53 Å². The molecule has 4 nitrogen and oxygen atoms in total. The van der Waals surface area contributed by atoms with Gasteiger partial charge >= 0.3 is 5.97 Å². The zero-order chi connectivity index (χ0) is 10.7. The minimum Gasteiger partial charge on any atom is -0.508 e. The smallest absolute Gasteiger partial charge is 0.327 e. The maximum atomic E-state index is 11.1. The summed E-state index contributed by atoms with van der Waals surface area (Å²) in [5.74, 6) is -0.487. The highest BCUT2D eigenvalue weighted by Gasteiger charge is 2.19. The van der Waals surface area contributed by atoms with Crippen molar-refractivity contribution < 1.29 is 14.6 Å². The Bertz CT molecular complexity index is 359. The molecule has 0 aliphatic heterocycles. The van der Waals surface area contributed by atoms with Crippen molar-refractivity contribution in [3.8, 4) is 5.75 Å². The third kappa shape index (κ3) is 3.37. The van der Waals surface area contributed by atoms with Crippen LogP contribution in [0.1, 0.15) is 11.6 Å². The molecule has 0 bridgehead atoms. The van der Waals surface area contributed by atoms with Crippen molar-refractivity contribution in [3.05, 3.63) is 28.2 Å². The molecule has 0 saturated carbocycles. The molecule has 84 valence electrons. The van der Waals surface area contributed by atoms with Gasteiger partial charge in [0.1, 0.15) is 11.8 Å². The number of halogens is 2. The quantitative estimate of drug-likeness (QED) is 0.816. The fourth-order valence-electron chi connectivity index (χ4n) is 1.02. The van der Waals surface area contributed by atoms with Gasteiger partial charge in [-0.1, -0.05) is 15.9 Å². The second-order valence-electron chi connectivity index (χ2n) is 2.71. The minimum atomic E-state index is -0.888. The van der Waals surface area contributed by atoms with Crippen LogP contribution in [0.3, 0.4) is 0 Å². The lowest BCUT2D eigenvalue weighted by molar-refractivity contribution is -0.142. The van der Waals surface area contributed by atoms with Crippen LogP contribution in [0, 0.1) is 0 Å². The van der Waals surface area contributed by atoms with E-state index < -0.39 is 12.0 Å². The van der Waals surface area contributed by atoms with E-state index in [-0.39, 0.29) is 18.2 Å². The maximum Gasteiger partial charge on any atom is 0.327 e. The Balaban J connectivity index is 0.00000196. The van der Waals surface area contributed by atoms with E-state index in [1.165, 1.54) is 19.2 Å². The van der Waals surface area contributed by atoms with Gasteiger partial charge in [0.2, 0.25) is 0 Å². The van der Waals surface area contributed by atoms with E-state index in [1.54, 1.807) is 6.07 Å². The number of hydrogen-bond acceptors (Lipinski definition) is 4. The number of methoxy groups -OCH3 is 1. The van der Waals surface area contributed by atoms with Gasteiger partial charge in [-0.15, -0.1) is 12.4 Å². The lowest BCUT2D eigenvalue weighted by Gasteiger charge is -2.11. The van der Waals surface area contributed by atoms with E-state index in [0.717, 1.165) is 0 Å². The lowest BCUT2D eigenvalue weighted by Crippen LogP contribution is -2.22. The predicted octanol–water partition coefficient (Wildman–Crippen LogP) is 1.75. The van der Waals surface area contributed by atoms with Crippen LogP contribution in [-0.4, -0.2) is 18.2 Å². The molecule has 0 amide bonds. The molecule has 1 atom stereocenters. The van der Waals surface area contributed by atoms with Gasteiger partial charge in [0.15, 0.2) is 0 Å². The molecule has 15 heavy (non-hydrogen) atoms. The molecule has 0 unspecified atom stereocenters. The number of hydrogen-bond donors (Lipinski definition) is 2. The molecule has 0 radical (unpaired) electrons. The minimum absolute atomic E-state index is 0. The van der Waals surface area contributed by atoms with Gasteiger partial charge in [-0.2, -0.15) is 0 Å². The second-order valence-corrected chi connectivity index (χ2v) is 3.56. The molecule has 1 rings (SSSR count). The number of nitrogens with two attached hydrogens (primary N) is 1. The number of phenols is 1. The zero-order valence-corrected chi connectivity index (χ0v) is 10.3. The highest BCUT2D eigenvalue weighted by molar-refractivity contribution is 9.10. The van der Waals surface area contributed by atoms with Crippen LogP contribution in [0.4, 0.5) is 0 Å². The van der Waals surface area contributed by atoms with Crippen molar-refractivity contribution in [2.24, 2.45) is 5.73 Å². The number of carbonyl (C=O) groups is 1. The van der Waals surface area contributed by atoms with Crippen molar-refractivity contribution >= 4 is 34.3 Å². The fourth-order valence-corrected chi connectivity index (χ4v) is 1.52. The second kappa shape index (κ2) is 5.95. The number of rotatable bonds is 2. The summed E-state index contributed by atoms with van der Waals surface area (Å²) < 4.78 is 5.16. The molecule has 1 aromatic carbocycles. The van der Waals surface area contributed by atoms with E-state index in [4.69, 9.17) is 5.73 Å². The van der Waals surface area contributed by atoms with Crippen LogP contribution in [0.5, 0.6) is 5.75 Å². The normalized spacial score (nSPS) is 11.4. The first-order chi connectivity index (χ1) is 6.56. The molecule has 0 fully saturated rings. The number of carbonyl (C=O) groups excluding carboxylic acids is 1. The monoisotopic (exact) mass is 295 g/mol. The van der Waals surface area contributed by atoms with Gasteiger partial charge in [0.25, 0.3) is 0 Å². The van der Waals surface area contributed by atoms with Gasteiger partial charge in [0.05, 0.1) is 7.11 Å². The number of ether oxygens (including phenoxy) is 1. The summed E-state index contributed by atoms with van der Waals surface area (Å²) in [5, 5.41) is 9.21. The van der Waals surface area contributed by atoms with Gasteiger partial charge < -0.3 is 15.6 Å². The maximum absolute atomic E-state index is 11.1. The summed E-state index contributed by atoms with van der Waals surface area (Å²) in [6.07, 6.45) is 0. The van der Waals surface area contributed by atoms with Crippen molar-refractivity contribution in [3.63, 3.8) is 0 Å². The van der Waals surface area contributed by atoms with Gasteiger partial charge in [-0.05, 0) is 23.8 Å². The van der Waals surface area contributed by atoms with Crippen LogP contribution in [0.15, 0.2) is 22.7 Å². The first-order valence-electron chi connectivity index (χ1n) is 3.88. The van der Waals surface area contributed by atoms with Gasteiger partial charge in [-0.25, -0.2) is 0 Å². The molecule has 3 N–H and O–H groups in total. The van der Waals surface area contributed by atoms with Crippen molar-refractivity contribution in [1.82, 2.24) is 0 Å². The number of phenolic OH excluding ortho intramolecular Hbond substituents is 1. The highest BCUT2D eigenvalue weighted by atomic mass is 79.9. The first kappa shape index (κ1) is 14.2. The largest absolute Gasteiger partial charge is 0.508 e. The van der Waals surface area contributed by atoms with E-state index >= 15 is 0 Å². The third-order valence-corrected chi connectivity index (χ3v) is 2.49. The molecule has 0 spiro atoms. The van der Waals surface area contributed by atoms with E-state index in [2.05, 4.69) is 20.7 Å². The molecule has 1 aromatic rings. The van der Waals surface area contributed by atoms with Crippen molar-refractivity contribution in [2.45, 2.75) is 6.04 Å². The summed E-state index contributed by atoms with van der Waals surface area (Å²) in [5.41, 5.74) is 6.10. The standard InChI is InChI=1S/C9H10BrNO3.ClH/c1-14-9(13)8(11)6-4-5(12)2-3-7(6)10;/h2-4,8,12H,11H2,1H3;1H/t8-;/m1./s1. The van der Waals surface area contributed by atoms with E-state index in [1.807, 2.05) is 0 Å². The predicted molar refractivity (Wildman–Crippen MR) is 62.0 cm³/mol. The van der Waals surface area contributed by atoms with Crippen molar-refractivity contribution in [2.75, 3.05) is 7.11 Å². The molecule has 0 aromatic heterocycles. The Morgan fingerprint density at radius 2 is 2.20 bits per heavy atom. The van der Waals surface area contributed by atoms with Gasteiger partial charge in [-0.3, -0.25) is 4.79 Å². The Morgan fingerprint density at radius 1 is 1.60 bits per heavy atom. The molecule has 6 heteroatoms. The van der Waals surface area contributed by atoms with Crippen LogP contribution in [0.2, 0.25) is 0 Å². The number of aromatic hydroxyl groups is 1. The SMILES string of the molecule is COC(=O)[C@H](N)c1cc(O)ccc1Br.Cl. The highest BCUT2D eigenvalue weighted by Crippen LogP contribution is 2.26. The van der Waals surface area contributed by atoms with Gasteiger partial charge in [0, 0.05) is 4.47 Å². The average Bonchev–Trinajstić information content (AvgIpc) is 2.19. The summed E-state index contributed by atoms with van der Waals surface area (Å²) in [7, 11) is 1.26. The Kier molecular flexibility index (Phi) is 5.64. The number of esters is 1. The molecule has 0 aliphatic carbocycles. The van der Waals surface area contributed by atoms with Crippen LogP contribution >= 0.6 is 28.3 Å². The number of benzene rings is 1. The van der Waals surface area contributed by atoms with E-state index in [0.29, 0.717) is 10.0 Å². The molecule has 0 saturated heterocycles. The first-order valence-corrected chi connectivity index (χ1v) is 4.67. The molecule has 0 heterocycles. The topological polar surface area (TPSA) is 72.5 Å². The molecular weight excluding hydrogens is 285 g/mol.